The van der Waals surface area contributed by atoms with Crippen LogP contribution in [-0.4, -0.2) is 23.1 Å². The second-order valence-electron chi connectivity index (χ2n) is 5.71. The monoisotopic (exact) mass is 302 g/mol. The van der Waals surface area contributed by atoms with Gasteiger partial charge in [-0.2, -0.15) is 0 Å². The maximum atomic E-state index is 11.1. The topological polar surface area (TPSA) is 68.3 Å². The van der Waals surface area contributed by atoms with Crippen molar-refractivity contribution in [2.24, 2.45) is 5.92 Å². The van der Waals surface area contributed by atoms with Crippen molar-refractivity contribution in [3.8, 4) is 0 Å². The van der Waals surface area contributed by atoms with Gasteiger partial charge in [-0.05, 0) is 25.8 Å². The normalized spacial score (nSPS) is 17.5. The summed E-state index contributed by atoms with van der Waals surface area (Å²) >= 11 is 0. The molecule has 4 heteroatoms. The molecule has 0 N–H and O–H groups in total. The van der Waals surface area contributed by atoms with Gasteiger partial charge >= 0.3 is 0 Å². The number of carbonyl (C=O) groups is 4. The number of carbonyl (C=O) groups excluding carboxylic acids is 4. The van der Waals surface area contributed by atoms with Crippen molar-refractivity contribution in [3.63, 3.8) is 0 Å². The highest BCUT2D eigenvalue weighted by molar-refractivity contribution is 6.02. The summed E-state index contributed by atoms with van der Waals surface area (Å²) in [7, 11) is 0. The largest absolute Gasteiger partial charge is 0.300 e. The van der Waals surface area contributed by atoms with Crippen LogP contribution in [0.1, 0.15) is 56.0 Å². The molecule has 22 heavy (non-hydrogen) atoms. The van der Waals surface area contributed by atoms with Crippen molar-refractivity contribution >= 4 is 23.1 Å². The Morgan fingerprint density at radius 2 is 1.77 bits per heavy atom. The molecular weight excluding hydrogens is 280 g/mol. The number of ketones is 4. The van der Waals surface area contributed by atoms with Crippen LogP contribution in [0.4, 0.5) is 0 Å². The van der Waals surface area contributed by atoms with Gasteiger partial charge in [-0.25, -0.2) is 0 Å². The van der Waals surface area contributed by atoms with Crippen LogP contribution < -0.4 is 0 Å². The minimum absolute atomic E-state index is 0.0110. The van der Waals surface area contributed by atoms with E-state index in [9.17, 15) is 19.2 Å². The summed E-state index contributed by atoms with van der Waals surface area (Å²) in [5.74, 6) is 0.442. The summed E-state index contributed by atoms with van der Waals surface area (Å²) in [5, 5.41) is 0. The lowest BCUT2D eigenvalue weighted by Gasteiger charge is -2.13. The van der Waals surface area contributed by atoms with Gasteiger partial charge in [-0.1, -0.05) is 31.2 Å². The highest BCUT2D eigenvalue weighted by Crippen LogP contribution is 2.16. The van der Waals surface area contributed by atoms with E-state index >= 15 is 0 Å². The Bertz CT molecular complexity index is 587. The summed E-state index contributed by atoms with van der Waals surface area (Å²) in [6.07, 6.45) is 1.89. The molecule has 1 aromatic carbocycles. The van der Waals surface area contributed by atoms with Crippen molar-refractivity contribution in [2.75, 3.05) is 0 Å². The Morgan fingerprint density at radius 1 is 1.14 bits per heavy atom. The van der Waals surface area contributed by atoms with E-state index in [0.717, 1.165) is 12.0 Å². The van der Waals surface area contributed by atoms with Crippen molar-refractivity contribution in [2.45, 2.75) is 46.5 Å². The molecule has 0 amide bonds. The van der Waals surface area contributed by atoms with Crippen molar-refractivity contribution in [1.82, 2.24) is 0 Å². The minimum Gasteiger partial charge on any atom is -0.300 e. The van der Waals surface area contributed by atoms with E-state index in [1.54, 1.807) is 12.1 Å². The van der Waals surface area contributed by atoms with E-state index < -0.39 is 0 Å². The van der Waals surface area contributed by atoms with E-state index in [4.69, 9.17) is 0 Å². The van der Waals surface area contributed by atoms with E-state index in [1.807, 2.05) is 19.1 Å². The summed E-state index contributed by atoms with van der Waals surface area (Å²) < 4.78 is 0. The Balaban J connectivity index is 0.000000235. The molecular formula is C18H22O4. The number of benzene rings is 1. The van der Waals surface area contributed by atoms with Crippen LogP contribution in [0.15, 0.2) is 24.3 Å². The van der Waals surface area contributed by atoms with E-state index in [1.165, 1.54) is 13.8 Å². The molecule has 118 valence electrons. The van der Waals surface area contributed by atoms with Crippen LogP contribution >= 0.6 is 0 Å². The molecule has 1 fully saturated rings. The maximum Gasteiger partial charge on any atom is 0.160 e. The van der Waals surface area contributed by atoms with Crippen LogP contribution in [0.25, 0.3) is 0 Å². The highest BCUT2D eigenvalue weighted by atomic mass is 16.2. The molecule has 0 spiro atoms. The molecule has 4 nitrogen and oxygen atoms in total. The van der Waals surface area contributed by atoms with E-state index in [0.29, 0.717) is 18.4 Å². The first-order valence-corrected chi connectivity index (χ1v) is 7.44. The second kappa shape index (κ2) is 8.37. The standard InChI is InChI=1S/C11H12O2.C7H10O2/c1-8(12)7-10-5-3-4-6-11(10)9(2)13;1-5-2-3-6(8)4-7(5)9/h3-6H,7H2,1-2H3;5H,2-4H2,1H3. The molecule has 0 radical (unpaired) electrons. The summed E-state index contributed by atoms with van der Waals surface area (Å²) in [6, 6.07) is 7.21. The molecule has 0 aliphatic heterocycles. The molecule has 0 bridgehead atoms. The summed E-state index contributed by atoms with van der Waals surface area (Å²) in [4.78, 5) is 43.4. The molecule has 1 aromatic rings. The number of Topliss-reactive ketones (excluding diaryl/α,β-unsaturated/α-hetero) is 4. The fourth-order valence-electron chi connectivity index (χ4n) is 2.28. The van der Waals surface area contributed by atoms with Gasteiger partial charge in [-0.3, -0.25) is 19.2 Å². The van der Waals surface area contributed by atoms with E-state index in [2.05, 4.69) is 0 Å². The average Bonchev–Trinajstić information content (AvgIpc) is 2.44. The third-order valence-corrected chi connectivity index (χ3v) is 3.61. The molecule has 1 atom stereocenters. The zero-order chi connectivity index (χ0) is 16.7. The Hall–Kier alpha value is -2.10. The predicted molar refractivity (Wildman–Crippen MR) is 83.9 cm³/mol. The SMILES string of the molecule is CC(=O)Cc1ccccc1C(C)=O.CC1CCC(=O)CC1=O. The minimum atomic E-state index is 0.0110. The molecule has 2 rings (SSSR count). The predicted octanol–water partition coefficient (Wildman–Crippen LogP) is 2.97. The van der Waals surface area contributed by atoms with Crippen molar-refractivity contribution in [3.05, 3.63) is 35.4 Å². The Morgan fingerprint density at radius 3 is 2.27 bits per heavy atom. The van der Waals surface area contributed by atoms with Crippen LogP contribution in [-0.2, 0) is 20.8 Å². The highest BCUT2D eigenvalue weighted by Gasteiger charge is 2.22. The molecule has 1 aliphatic rings. The van der Waals surface area contributed by atoms with Crippen LogP contribution in [0.5, 0.6) is 0 Å². The van der Waals surface area contributed by atoms with Gasteiger partial charge in [0.1, 0.15) is 17.3 Å². The molecule has 0 aromatic heterocycles. The first-order valence-electron chi connectivity index (χ1n) is 7.44. The zero-order valence-corrected chi connectivity index (χ0v) is 13.3. The van der Waals surface area contributed by atoms with Gasteiger partial charge in [-0.15, -0.1) is 0 Å². The first-order chi connectivity index (χ1) is 10.3. The van der Waals surface area contributed by atoms with Crippen molar-refractivity contribution in [1.29, 1.82) is 0 Å². The zero-order valence-electron chi connectivity index (χ0n) is 13.3. The lowest BCUT2D eigenvalue weighted by atomic mass is 9.89. The number of rotatable bonds is 3. The molecule has 1 saturated carbocycles. The van der Waals surface area contributed by atoms with Crippen LogP contribution in [0.2, 0.25) is 0 Å². The smallest absolute Gasteiger partial charge is 0.160 e. The van der Waals surface area contributed by atoms with Crippen molar-refractivity contribution < 1.29 is 19.2 Å². The fourth-order valence-corrected chi connectivity index (χ4v) is 2.28. The van der Waals surface area contributed by atoms with E-state index in [-0.39, 0.29) is 35.5 Å². The molecule has 1 aliphatic carbocycles. The third-order valence-electron chi connectivity index (χ3n) is 3.61. The lowest BCUT2D eigenvalue weighted by Crippen LogP contribution is -2.22. The Kier molecular flexibility index (Phi) is 6.83. The Labute approximate surface area is 130 Å². The van der Waals surface area contributed by atoms with Gasteiger partial charge < -0.3 is 0 Å². The summed E-state index contributed by atoms with van der Waals surface area (Å²) in [5.41, 5.74) is 1.47. The second-order valence-corrected chi connectivity index (χ2v) is 5.71. The third kappa shape index (κ3) is 5.72. The number of hydrogen-bond acceptors (Lipinski definition) is 4. The van der Waals surface area contributed by atoms with Gasteiger partial charge in [0.2, 0.25) is 0 Å². The van der Waals surface area contributed by atoms with Crippen LogP contribution in [0, 0.1) is 5.92 Å². The molecule has 0 saturated heterocycles. The summed E-state index contributed by atoms with van der Waals surface area (Å²) in [6.45, 7) is 4.92. The van der Waals surface area contributed by atoms with Gasteiger partial charge in [0.15, 0.2) is 5.78 Å². The number of hydrogen-bond donors (Lipinski definition) is 0. The molecule has 1 unspecified atom stereocenters. The lowest BCUT2D eigenvalue weighted by molar-refractivity contribution is -0.132. The average molecular weight is 302 g/mol. The van der Waals surface area contributed by atoms with Gasteiger partial charge in [0.25, 0.3) is 0 Å². The quantitative estimate of drug-likeness (QED) is 0.636. The van der Waals surface area contributed by atoms with Gasteiger partial charge in [0, 0.05) is 24.3 Å². The van der Waals surface area contributed by atoms with Gasteiger partial charge in [0.05, 0.1) is 6.42 Å². The first kappa shape index (κ1) is 18.0. The van der Waals surface area contributed by atoms with Crippen LogP contribution in [0.3, 0.4) is 0 Å². The maximum absolute atomic E-state index is 11.1. The molecule has 0 heterocycles. The fraction of sp³-hybridized carbons (Fsp3) is 0.444.